The normalized spacial score (nSPS) is 30.1. The number of aromatic nitrogens is 3. The van der Waals surface area contributed by atoms with Gasteiger partial charge in [-0.2, -0.15) is 0 Å². The van der Waals surface area contributed by atoms with Crippen molar-refractivity contribution < 1.29 is 9.84 Å². The van der Waals surface area contributed by atoms with E-state index in [4.69, 9.17) is 4.74 Å². The van der Waals surface area contributed by atoms with Crippen LogP contribution < -0.4 is 0 Å². The molecule has 0 aromatic carbocycles. The molecule has 0 radical (unpaired) electrons. The second-order valence-electron chi connectivity index (χ2n) is 4.57. The molecule has 1 aromatic rings. The van der Waals surface area contributed by atoms with Crippen molar-refractivity contribution >= 4 is 0 Å². The quantitative estimate of drug-likeness (QED) is 0.780. The van der Waals surface area contributed by atoms with E-state index in [0.717, 1.165) is 50.4 Å². The van der Waals surface area contributed by atoms with Crippen LogP contribution in [0.5, 0.6) is 0 Å². The number of hydrogen-bond acceptors (Lipinski definition) is 4. The topological polar surface area (TPSA) is 60.2 Å². The van der Waals surface area contributed by atoms with E-state index in [1.807, 2.05) is 4.57 Å². The molecule has 0 bridgehead atoms. The highest BCUT2D eigenvalue weighted by Gasteiger charge is 2.28. The van der Waals surface area contributed by atoms with Crippen LogP contribution in [0.15, 0.2) is 0 Å². The first-order valence-corrected chi connectivity index (χ1v) is 6.09. The first-order valence-electron chi connectivity index (χ1n) is 6.09. The molecule has 1 aromatic heterocycles. The van der Waals surface area contributed by atoms with Crippen LogP contribution in [0.3, 0.4) is 0 Å². The number of fused-ring (bicyclic) bond motifs is 1. The lowest BCUT2D eigenvalue weighted by molar-refractivity contribution is -0.00407. The smallest absolute Gasteiger partial charge is 0.164 e. The predicted octanol–water partition coefficient (Wildman–Crippen LogP) is 1.35. The summed E-state index contributed by atoms with van der Waals surface area (Å²) >= 11 is 0. The summed E-state index contributed by atoms with van der Waals surface area (Å²) in [7, 11) is 0. The fraction of sp³-hybridized carbons (Fsp3) is 0.818. The van der Waals surface area contributed by atoms with Gasteiger partial charge in [0.1, 0.15) is 18.2 Å². The van der Waals surface area contributed by atoms with Crippen LogP contribution in [0, 0.1) is 0 Å². The Labute approximate surface area is 94.4 Å². The maximum Gasteiger partial charge on any atom is 0.164 e. The van der Waals surface area contributed by atoms with E-state index < -0.39 is 6.23 Å². The maximum atomic E-state index is 9.99. The molecule has 0 saturated carbocycles. The molecule has 1 fully saturated rings. The molecule has 5 heteroatoms. The molecule has 3 heterocycles. The van der Waals surface area contributed by atoms with Gasteiger partial charge in [0, 0.05) is 13.0 Å². The van der Waals surface area contributed by atoms with Gasteiger partial charge in [-0.05, 0) is 32.1 Å². The average molecular weight is 223 g/mol. The second-order valence-corrected chi connectivity index (χ2v) is 4.57. The molecule has 1 N–H and O–H groups in total. The Balaban J connectivity index is 1.91. The summed E-state index contributed by atoms with van der Waals surface area (Å²) in [6.07, 6.45) is 5.56. The number of aliphatic hydroxyl groups is 1. The highest BCUT2D eigenvalue weighted by Crippen LogP contribution is 2.31. The Kier molecular flexibility index (Phi) is 2.65. The van der Waals surface area contributed by atoms with Gasteiger partial charge in [-0.25, -0.2) is 0 Å². The number of aliphatic hydroxyl groups excluding tert-OH is 1. The van der Waals surface area contributed by atoms with Crippen LogP contribution in [0.1, 0.15) is 56.1 Å². The number of ether oxygens (including phenoxy) is 1. The molecule has 0 spiro atoms. The molecular weight excluding hydrogens is 206 g/mol. The van der Waals surface area contributed by atoms with Gasteiger partial charge in [-0.3, -0.25) is 4.57 Å². The van der Waals surface area contributed by atoms with Gasteiger partial charge >= 0.3 is 0 Å². The molecule has 2 unspecified atom stereocenters. The Morgan fingerprint density at radius 3 is 2.94 bits per heavy atom. The SMILES string of the molecule is OC1CCCc2nnc(C3CCCCO3)n21. The lowest BCUT2D eigenvalue weighted by atomic mass is 10.1. The summed E-state index contributed by atoms with van der Waals surface area (Å²) in [5.41, 5.74) is 0. The fourth-order valence-electron chi connectivity index (χ4n) is 2.57. The summed E-state index contributed by atoms with van der Waals surface area (Å²) in [4.78, 5) is 0. The minimum atomic E-state index is -0.459. The van der Waals surface area contributed by atoms with Crippen LogP contribution >= 0.6 is 0 Å². The van der Waals surface area contributed by atoms with E-state index in [0.29, 0.717) is 0 Å². The highest BCUT2D eigenvalue weighted by atomic mass is 16.5. The van der Waals surface area contributed by atoms with Crippen molar-refractivity contribution in [3.05, 3.63) is 11.6 Å². The third kappa shape index (κ3) is 1.64. The van der Waals surface area contributed by atoms with E-state index >= 15 is 0 Å². The Morgan fingerprint density at radius 2 is 2.12 bits per heavy atom. The third-order valence-electron chi connectivity index (χ3n) is 3.42. The minimum Gasteiger partial charge on any atom is -0.373 e. The van der Waals surface area contributed by atoms with E-state index in [-0.39, 0.29) is 6.10 Å². The number of rotatable bonds is 1. The predicted molar refractivity (Wildman–Crippen MR) is 56.8 cm³/mol. The molecule has 0 aliphatic carbocycles. The van der Waals surface area contributed by atoms with Crippen LogP contribution in [0.4, 0.5) is 0 Å². The molecule has 88 valence electrons. The zero-order valence-electron chi connectivity index (χ0n) is 9.30. The van der Waals surface area contributed by atoms with Gasteiger partial charge in [-0.1, -0.05) is 0 Å². The van der Waals surface area contributed by atoms with E-state index in [1.54, 1.807) is 0 Å². The zero-order valence-corrected chi connectivity index (χ0v) is 9.30. The lowest BCUT2D eigenvalue weighted by Gasteiger charge is -2.26. The van der Waals surface area contributed by atoms with Crippen LogP contribution in [0.25, 0.3) is 0 Å². The molecule has 2 atom stereocenters. The highest BCUT2D eigenvalue weighted by molar-refractivity contribution is 5.04. The van der Waals surface area contributed by atoms with Crippen molar-refractivity contribution in [3.8, 4) is 0 Å². The van der Waals surface area contributed by atoms with Crippen molar-refractivity contribution in [2.24, 2.45) is 0 Å². The summed E-state index contributed by atoms with van der Waals surface area (Å²) in [5, 5.41) is 18.3. The van der Waals surface area contributed by atoms with Crippen molar-refractivity contribution in [2.75, 3.05) is 6.61 Å². The van der Waals surface area contributed by atoms with Gasteiger partial charge in [0.2, 0.25) is 0 Å². The van der Waals surface area contributed by atoms with E-state index in [9.17, 15) is 5.11 Å². The van der Waals surface area contributed by atoms with Gasteiger partial charge < -0.3 is 9.84 Å². The number of hydrogen-bond donors (Lipinski definition) is 1. The maximum absolute atomic E-state index is 9.99. The lowest BCUT2D eigenvalue weighted by Crippen LogP contribution is -2.23. The van der Waals surface area contributed by atoms with Gasteiger partial charge in [0.05, 0.1) is 0 Å². The Bertz CT molecular complexity index is 371. The Morgan fingerprint density at radius 1 is 1.19 bits per heavy atom. The molecule has 0 amide bonds. The van der Waals surface area contributed by atoms with Crippen LogP contribution in [0.2, 0.25) is 0 Å². The van der Waals surface area contributed by atoms with Crippen molar-refractivity contribution in [2.45, 2.75) is 50.9 Å². The molecule has 3 rings (SSSR count). The molecule has 16 heavy (non-hydrogen) atoms. The second kappa shape index (κ2) is 4.14. The first kappa shape index (κ1) is 10.2. The van der Waals surface area contributed by atoms with E-state index in [1.165, 1.54) is 6.42 Å². The monoisotopic (exact) mass is 223 g/mol. The minimum absolute atomic E-state index is 0.0303. The first-order chi connectivity index (χ1) is 7.86. The number of nitrogens with zero attached hydrogens (tertiary/aromatic N) is 3. The largest absolute Gasteiger partial charge is 0.373 e. The number of aryl methyl sites for hydroxylation is 1. The zero-order chi connectivity index (χ0) is 11.0. The van der Waals surface area contributed by atoms with Crippen molar-refractivity contribution in [3.63, 3.8) is 0 Å². The standard InChI is InChI=1S/C11H17N3O2/c15-10-6-3-5-9-12-13-11(14(9)10)8-4-1-2-7-16-8/h8,10,15H,1-7H2. The Hall–Kier alpha value is -0.940. The average Bonchev–Trinajstić information content (AvgIpc) is 2.75. The molecule has 5 nitrogen and oxygen atoms in total. The molecular formula is C11H17N3O2. The third-order valence-corrected chi connectivity index (χ3v) is 3.42. The molecule has 2 aliphatic heterocycles. The summed E-state index contributed by atoms with van der Waals surface area (Å²) in [5.74, 6) is 1.73. The van der Waals surface area contributed by atoms with Gasteiger partial charge in [0.15, 0.2) is 5.82 Å². The summed E-state index contributed by atoms with van der Waals surface area (Å²) in [6.45, 7) is 0.795. The summed E-state index contributed by atoms with van der Waals surface area (Å²) in [6, 6.07) is 0. The summed E-state index contributed by atoms with van der Waals surface area (Å²) < 4.78 is 7.58. The van der Waals surface area contributed by atoms with Gasteiger partial charge in [-0.15, -0.1) is 10.2 Å². The van der Waals surface area contributed by atoms with Crippen molar-refractivity contribution in [1.29, 1.82) is 0 Å². The van der Waals surface area contributed by atoms with Gasteiger partial charge in [0.25, 0.3) is 0 Å². The van der Waals surface area contributed by atoms with Crippen molar-refractivity contribution in [1.82, 2.24) is 14.8 Å². The van der Waals surface area contributed by atoms with Crippen LogP contribution in [-0.4, -0.2) is 26.5 Å². The molecule has 2 aliphatic rings. The fourth-order valence-corrected chi connectivity index (χ4v) is 2.57. The van der Waals surface area contributed by atoms with Crippen LogP contribution in [-0.2, 0) is 11.2 Å². The van der Waals surface area contributed by atoms with E-state index in [2.05, 4.69) is 10.2 Å². The molecule has 1 saturated heterocycles.